The summed E-state index contributed by atoms with van der Waals surface area (Å²) in [6.45, 7) is 8.58. The van der Waals surface area contributed by atoms with E-state index in [1.165, 1.54) is 0 Å². The van der Waals surface area contributed by atoms with Crippen LogP contribution < -0.4 is 15.1 Å². The molecule has 1 fully saturated rings. The maximum atomic E-state index is 13.2. The molecule has 148 valence electrons. The van der Waals surface area contributed by atoms with Crippen LogP contribution >= 0.6 is 0 Å². The molecule has 2 aromatic carbocycles. The van der Waals surface area contributed by atoms with Crippen LogP contribution in [0.5, 0.6) is 0 Å². The minimum atomic E-state index is -0.941. The van der Waals surface area contributed by atoms with Crippen molar-refractivity contribution in [1.29, 1.82) is 0 Å². The Hall–Kier alpha value is -2.82. The van der Waals surface area contributed by atoms with E-state index in [-0.39, 0.29) is 11.8 Å². The van der Waals surface area contributed by atoms with Crippen molar-refractivity contribution in [2.75, 3.05) is 34.8 Å². The second kappa shape index (κ2) is 8.46. The second-order valence-corrected chi connectivity index (χ2v) is 7.14. The Labute approximate surface area is 167 Å². The molecule has 0 aromatic heterocycles. The Morgan fingerprint density at radius 1 is 0.857 bits per heavy atom. The first-order valence-electron chi connectivity index (χ1n) is 10.1. The molecule has 2 aromatic rings. The third-order valence-electron chi connectivity index (χ3n) is 5.48. The Morgan fingerprint density at radius 3 is 1.96 bits per heavy atom. The first-order chi connectivity index (χ1) is 13.6. The minimum absolute atomic E-state index is 0.113. The highest BCUT2D eigenvalue weighted by Crippen LogP contribution is 2.48. The largest absolute Gasteiger partial charge is 0.372 e. The van der Waals surface area contributed by atoms with Crippen LogP contribution in [-0.4, -0.2) is 31.4 Å². The molecule has 5 nitrogen and oxygen atoms in total. The van der Waals surface area contributed by atoms with E-state index in [4.69, 9.17) is 0 Å². The van der Waals surface area contributed by atoms with Crippen molar-refractivity contribution < 1.29 is 9.59 Å². The van der Waals surface area contributed by atoms with Crippen LogP contribution in [0.2, 0.25) is 0 Å². The number of carbonyl (C=O) groups is 2. The van der Waals surface area contributed by atoms with Crippen molar-refractivity contribution in [3.8, 4) is 0 Å². The summed E-state index contributed by atoms with van der Waals surface area (Å²) in [5, 5.41) is 2.95. The molecule has 1 aliphatic rings. The van der Waals surface area contributed by atoms with Crippen LogP contribution in [0.3, 0.4) is 0 Å². The maximum absolute atomic E-state index is 13.2. The lowest BCUT2D eigenvalue weighted by Crippen LogP contribution is -2.43. The zero-order valence-electron chi connectivity index (χ0n) is 16.9. The third-order valence-corrected chi connectivity index (χ3v) is 5.48. The number of anilines is 3. The highest BCUT2D eigenvalue weighted by molar-refractivity contribution is 6.17. The van der Waals surface area contributed by atoms with Gasteiger partial charge in [-0.2, -0.15) is 0 Å². The molecule has 28 heavy (non-hydrogen) atoms. The van der Waals surface area contributed by atoms with Crippen molar-refractivity contribution >= 4 is 28.9 Å². The molecule has 0 spiro atoms. The standard InChI is InChI=1S/C23H29N3O2/c1-4-25(5-2)19-14-12-18(13-15-19)24-21(27)23(16-17-23)22(28)26(6-3)20-10-8-7-9-11-20/h7-15H,4-6,16-17H2,1-3H3,(H,24,27). The molecule has 0 radical (unpaired) electrons. The zero-order valence-corrected chi connectivity index (χ0v) is 16.9. The van der Waals surface area contributed by atoms with Crippen molar-refractivity contribution in [2.45, 2.75) is 33.6 Å². The summed E-state index contributed by atoms with van der Waals surface area (Å²) >= 11 is 0. The van der Waals surface area contributed by atoms with Gasteiger partial charge in [0, 0.05) is 36.7 Å². The van der Waals surface area contributed by atoms with Crippen molar-refractivity contribution in [3.05, 3.63) is 54.6 Å². The summed E-state index contributed by atoms with van der Waals surface area (Å²) in [6.07, 6.45) is 1.19. The molecule has 1 N–H and O–H groups in total. The third kappa shape index (κ3) is 3.88. The molecule has 0 unspecified atom stereocenters. The highest BCUT2D eigenvalue weighted by atomic mass is 16.2. The predicted molar refractivity (Wildman–Crippen MR) is 115 cm³/mol. The highest BCUT2D eigenvalue weighted by Gasteiger charge is 2.58. The summed E-state index contributed by atoms with van der Waals surface area (Å²) in [5.41, 5.74) is 1.74. The molecule has 3 rings (SSSR count). The molecule has 0 aliphatic heterocycles. The number of hydrogen-bond acceptors (Lipinski definition) is 3. The predicted octanol–water partition coefficient (Wildman–Crippen LogP) is 4.30. The first kappa shape index (κ1) is 19.9. The van der Waals surface area contributed by atoms with E-state index in [2.05, 4.69) is 24.1 Å². The van der Waals surface area contributed by atoms with Crippen molar-refractivity contribution in [1.82, 2.24) is 0 Å². The number of hydrogen-bond donors (Lipinski definition) is 1. The number of amides is 2. The average molecular weight is 380 g/mol. The molecule has 5 heteroatoms. The van der Waals surface area contributed by atoms with Crippen LogP contribution in [-0.2, 0) is 9.59 Å². The van der Waals surface area contributed by atoms with Crippen LogP contribution in [0.25, 0.3) is 0 Å². The smallest absolute Gasteiger partial charge is 0.242 e. The quantitative estimate of drug-likeness (QED) is 0.696. The summed E-state index contributed by atoms with van der Waals surface area (Å²) in [6, 6.07) is 17.4. The molecule has 0 heterocycles. The minimum Gasteiger partial charge on any atom is -0.372 e. The van der Waals surface area contributed by atoms with E-state index < -0.39 is 5.41 Å². The fourth-order valence-electron chi connectivity index (χ4n) is 3.57. The Bertz CT molecular complexity index is 810. The Morgan fingerprint density at radius 2 is 1.46 bits per heavy atom. The van der Waals surface area contributed by atoms with Gasteiger partial charge in [0.2, 0.25) is 11.8 Å². The van der Waals surface area contributed by atoms with Crippen LogP contribution in [0.4, 0.5) is 17.1 Å². The summed E-state index contributed by atoms with van der Waals surface area (Å²) in [7, 11) is 0. The van der Waals surface area contributed by atoms with Gasteiger partial charge in [0.1, 0.15) is 5.41 Å². The topological polar surface area (TPSA) is 52.7 Å². The van der Waals surface area contributed by atoms with Gasteiger partial charge >= 0.3 is 0 Å². The fraction of sp³-hybridized carbons (Fsp3) is 0.391. The molecular weight excluding hydrogens is 350 g/mol. The zero-order chi connectivity index (χ0) is 20.1. The maximum Gasteiger partial charge on any atom is 0.242 e. The Kier molecular flexibility index (Phi) is 6.02. The van der Waals surface area contributed by atoms with Gasteiger partial charge in [0.05, 0.1) is 0 Å². The second-order valence-electron chi connectivity index (χ2n) is 7.14. The number of carbonyl (C=O) groups excluding carboxylic acids is 2. The van der Waals surface area contributed by atoms with Crippen molar-refractivity contribution in [2.24, 2.45) is 5.41 Å². The van der Waals surface area contributed by atoms with Crippen molar-refractivity contribution in [3.63, 3.8) is 0 Å². The molecular formula is C23H29N3O2. The molecule has 0 saturated heterocycles. The molecule has 2 amide bonds. The van der Waals surface area contributed by atoms with Gasteiger partial charge in [-0.15, -0.1) is 0 Å². The number of rotatable bonds is 8. The van der Waals surface area contributed by atoms with E-state index >= 15 is 0 Å². The SMILES string of the molecule is CCN(CC)c1ccc(NC(=O)C2(C(=O)N(CC)c3ccccc3)CC2)cc1. The summed E-state index contributed by atoms with van der Waals surface area (Å²) in [4.78, 5) is 30.1. The van der Waals surface area contributed by atoms with Gasteiger partial charge in [0.15, 0.2) is 0 Å². The van der Waals surface area contributed by atoms with Gasteiger partial charge in [0.25, 0.3) is 0 Å². The normalized spacial score (nSPS) is 14.2. The molecule has 1 saturated carbocycles. The van der Waals surface area contributed by atoms with Crippen LogP contribution in [0.1, 0.15) is 33.6 Å². The lowest BCUT2D eigenvalue weighted by Gasteiger charge is -2.26. The van der Waals surface area contributed by atoms with Gasteiger partial charge < -0.3 is 15.1 Å². The fourth-order valence-corrected chi connectivity index (χ4v) is 3.57. The van der Waals surface area contributed by atoms with E-state index in [0.29, 0.717) is 19.4 Å². The van der Waals surface area contributed by atoms with Crippen LogP contribution in [0, 0.1) is 5.41 Å². The average Bonchev–Trinajstić information content (AvgIpc) is 3.54. The van der Waals surface area contributed by atoms with Gasteiger partial charge in [-0.3, -0.25) is 9.59 Å². The van der Waals surface area contributed by atoms with E-state index in [1.807, 2.05) is 61.5 Å². The Balaban J connectivity index is 1.72. The van der Waals surface area contributed by atoms with Gasteiger partial charge in [-0.25, -0.2) is 0 Å². The first-order valence-corrected chi connectivity index (χ1v) is 10.1. The number of nitrogens with zero attached hydrogens (tertiary/aromatic N) is 2. The van der Waals surface area contributed by atoms with Gasteiger partial charge in [-0.05, 0) is 70.0 Å². The number of para-hydroxylation sites is 1. The summed E-state index contributed by atoms with van der Waals surface area (Å²) in [5.74, 6) is -0.319. The molecule has 1 aliphatic carbocycles. The number of benzene rings is 2. The van der Waals surface area contributed by atoms with E-state index in [0.717, 1.165) is 30.2 Å². The lowest BCUT2D eigenvalue weighted by molar-refractivity contribution is -0.132. The number of nitrogens with one attached hydrogen (secondary N) is 1. The van der Waals surface area contributed by atoms with Gasteiger partial charge in [-0.1, -0.05) is 18.2 Å². The molecule has 0 atom stereocenters. The van der Waals surface area contributed by atoms with E-state index in [1.54, 1.807) is 4.90 Å². The van der Waals surface area contributed by atoms with Crippen LogP contribution in [0.15, 0.2) is 54.6 Å². The van der Waals surface area contributed by atoms with E-state index in [9.17, 15) is 9.59 Å². The summed E-state index contributed by atoms with van der Waals surface area (Å²) < 4.78 is 0. The lowest BCUT2D eigenvalue weighted by atomic mass is 10.0. The molecule has 0 bridgehead atoms. The monoisotopic (exact) mass is 379 g/mol.